The molecule has 0 amide bonds. The molecule has 96 valence electrons. The Morgan fingerprint density at radius 2 is 1.41 bits per heavy atom. The van der Waals surface area contributed by atoms with Gasteiger partial charge in [-0.05, 0) is 22.6 Å². The van der Waals surface area contributed by atoms with Gasteiger partial charge in [0, 0.05) is 16.0 Å². The van der Waals surface area contributed by atoms with Gasteiger partial charge in [0.15, 0.2) is 0 Å². The van der Waals surface area contributed by atoms with Gasteiger partial charge in [-0.3, -0.25) is 0 Å². The Morgan fingerprint density at radius 1 is 1.00 bits per heavy atom. The van der Waals surface area contributed by atoms with E-state index in [0.717, 1.165) is 12.4 Å². The predicted octanol–water partition coefficient (Wildman–Crippen LogP) is 2.95. The molecule has 0 atom stereocenters. The van der Waals surface area contributed by atoms with Crippen LogP contribution in [0.2, 0.25) is 0 Å². The minimum atomic E-state index is -5.58. The van der Waals surface area contributed by atoms with Crippen LogP contribution in [0.1, 0.15) is 0 Å². The average molecular weight is 372 g/mol. The summed E-state index contributed by atoms with van der Waals surface area (Å²) in [6.07, 6.45) is -13.0. The van der Waals surface area contributed by atoms with Gasteiger partial charge in [0.2, 0.25) is 0 Å². The first-order valence-electron chi connectivity index (χ1n) is 3.88. The number of aromatic nitrogens is 2. The summed E-state index contributed by atoms with van der Waals surface area (Å²) in [5.41, 5.74) is 0. The van der Waals surface area contributed by atoms with Crippen LogP contribution in [0.5, 0.6) is 6.01 Å². The SMILES string of the molecule is FC(F)(F)C(Oc1ncc(I)cn1)C(F)(F)F. The number of ether oxygens (including phenoxy) is 1. The normalized spacial score (nSPS) is 12.9. The Labute approximate surface area is 104 Å². The van der Waals surface area contributed by atoms with Gasteiger partial charge in [-0.15, -0.1) is 0 Å². The highest BCUT2D eigenvalue weighted by Gasteiger charge is 2.59. The smallest absolute Gasteiger partial charge is 0.434 e. The standard InChI is InChI=1S/C7H3F6IN2O/c8-6(9,10)4(7(11,12)13)17-5-15-1-3(14)2-16-5/h1-2,4H. The molecule has 17 heavy (non-hydrogen) atoms. The van der Waals surface area contributed by atoms with Crippen molar-refractivity contribution in [2.24, 2.45) is 0 Å². The van der Waals surface area contributed by atoms with Gasteiger partial charge >= 0.3 is 18.4 Å². The third-order valence-electron chi connectivity index (χ3n) is 1.41. The number of hydrogen-bond acceptors (Lipinski definition) is 3. The van der Waals surface area contributed by atoms with Gasteiger partial charge in [0.1, 0.15) is 0 Å². The van der Waals surface area contributed by atoms with Crippen LogP contribution in [0.4, 0.5) is 26.3 Å². The van der Waals surface area contributed by atoms with Crippen LogP contribution in [0, 0.1) is 3.57 Å². The summed E-state index contributed by atoms with van der Waals surface area (Å²) in [7, 11) is 0. The Bertz CT molecular complexity index is 361. The minimum absolute atomic E-state index is 0.450. The first-order valence-corrected chi connectivity index (χ1v) is 4.96. The van der Waals surface area contributed by atoms with Crippen LogP contribution in [-0.2, 0) is 0 Å². The topological polar surface area (TPSA) is 35.0 Å². The minimum Gasteiger partial charge on any atom is -0.441 e. The molecule has 0 aliphatic heterocycles. The van der Waals surface area contributed by atoms with Crippen molar-refractivity contribution < 1.29 is 31.1 Å². The zero-order chi connectivity index (χ0) is 13.3. The molecule has 0 N–H and O–H groups in total. The van der Waals surface area contributed by atoms with Crippen LogP contribution in [0.15, 0.2) is 12.4 Å². The van der Waals surface area contributed by atoms with Gasteiger partial charge < -0.3 is 4.74 Å². The van der Waals surface area contributed by atoms with Gasteiger partial charge in [-0.25, -0.2) is 9.97 Å². The van der Waals surface area contributed by atoms with Crippen molar-refractivity contribution in [2.45, 2.75) is 18.5 Å². The van der Waals surface area contributed by atoms with E-state index >= 15 is 0 Å². The molecule has 0 radical (unpaired) electrons. The van der Waals surface area contributed by atoms with E-state index < -0.39 is 24.5 Å². The van der Waals surface area contributed by atoms with Crippen molar-refractivity contribution in [1.82, 2.24) is 9.97 Å². The van der Waals surface area contributed by atoms with Crippen molar-refractivity contribution in [3.8, 4) is 6.01 Å². The molecule has 1 aromatic rings. The number of nitrogens with zero attached hydrogens (tertiary/aromatic N) is 2. The maximum Gasteiger partial charge on any atom is 0.434 e. The van der Waals surface area contributed by atoms with Gasteiger partial charge in [-0.2, -0.15) is 26.3 Å². The lowest BCUT2D eigenvalue weighted by Crippen LogP contribution is -2.46. The lowest BCUT2D eigenvalue weighted by atomic mass is 10.3. The summed E-state index contributed by atoms with van der Waals surface area (Å²) < 4.78 is 76.6. The summed E-state index contributed by atoms with van der Waals surface area (Å²) in [4.78, 5) is 6.41. The fourth-order valence-corrected chi connectivity index (χ4v) is 1.06. The second-order valence-electron chi connectivity index (χ2n) is 2.76. The van der Waals surface area contributed by atoms with E-state index in [1.54, 1.807) is 22.6 Å². The Hall–Kier alpha value is -0.810. The first-order chi connectivity index (χ1) is 7.60. The number of rotatable bonds is 2. The third-order valence-corrected chi connectivity index (χ3v) is 1.97. The highest BCUT2D eigenvalue weighted by molar-refractivity contribution is 14.1. The summed E-state index contributed by atoms with van der Waals surface area (Å²) >= 11 is 1.74. The maximum absolute atomic E-state index is 12.1. The molecule has 1 heterocycles. The van der Waals surface area contributed by atoms with Crippen molar-refractivity contribution in [3.63, 3.8) is 0 Å². The Kier molecular flexibility index (Phi) is 4.04. The highest BCUT2D eigenvalue weighted by atomic mass is 127. The van der Waals surface area contributed by atoms with E-state index in [-0.39, 0.29) is 0 Å². The first kappa shape index (κ1) is 14.3. The van der Waals surface area contributed by atoms with E-state index in [2.05, 4.69) is 14.7 Å². The zero-order valence-corrected chi connectivity index (χ0v) is 9.84. The van der Waals surface area contributed by atoms with E-state index in [0.29, 0.717) is 3.57 Å². The second-order valence-corrected chi connectivity index (χ2v) is 4.01. The predicted molar refractivity (Wildman–Crippen MR) is 51.3 cm³/mol. The van der Waals surface area contributed by atoms with Crippen molar-refractivity contribution in [2.75, 3.05) is 0 Å². The fraction of sp³-hybridized carbons (Fsp3) is 0.429. The van der Waals surface area contributed by atoms with Gasteiger partial charge in [0.05, 0.1) is 0 Å². The lowest BCUT2D eigenvalue weighted by Gasteiger charge is -2.22. The summed E-state index contributed by atoms with van der Waals surface area (Å²) in [5, 5.41) is 0. The van der Waals surface area contributed by atoms with Crippen LogP contribution in [0.25, 0.3) is 0 Å². The monoisotopic (exact) mass is 372 g/mol. The molecule has 0 saturated carbocycles. The largest absolute Gasteiger partial charge is 0.441 e. The van der Waals surface area contributed by atoms with Crippen LogP contribution in [-0.4, -0.2) is 28.4 Å². The molecule has 0 aromatic carbocycles. The molecule has 3 nitrogen and oxygen atoms in total. The molecule has 0 aliphatic rings. The zero-order valence-electron chi connectivity index (χ0n) is 7.68. The highest BCUT2D eigenvalue weighted by Crippen LogP contribution is 2.35. The summed E-state index contributed by atoms with van der Waals surface area (Å²) in [6.45, 7) is 0. The van der Waals surface area contributed by atoms with Gasteiger partial charge in [-0.1, -0.05) is 0 Å². The van der Waals surface area contributed by atoms with Crippen LogP contribution >= 0.6 is 22.6 Å². The van der Waals surface area contributed by atoms with Crippen molar-refractivity contribution in [3.05, 3.63) is 16.0 Å². The van der Waals surface area contributed by atoms with Gasteiger partial charge in [0.25, 0.3) is 6.10 Å². The molecule has 0 unspecified atom stereocenters. The molecular weight excluding hydrogens is 369 g/mol. The molecule has 0 fully saturated rings. The molecular formula is C7H3F6IN2O. The molecule has 0 aliphatic carbocycles. The van der Waals surface area contributed by atoms with Crippen LogP contribution in [0.3, 0.4) is 0 Å². The lowest BCUT2D eigenvalue weighted by molar-refractivity contribution is -0.301. The quantitative estimate of drug-likeness (QED) is 0.592. The van der Waals surface area contributed by atoms with E-state index in [1.807, 2.05) is 0 Å². The number of alkyl halides is 6. The molecule has 0 saturated heterocycles. The Morgan fingerprint density at radius 3 is 1.76 bits per heavy atom. The van der Waals surface area contributed by atoms with E-state index in [9.17, 15) is 26.3 Å². The Balaban J connectivity index is 2.92. The average Bonchev–Trinajstić information content (AvgIpc) is 2.13. The van der Waals surface area contributed by atoms with E-state index in [1.165, 1.54) is 0 Å². The van der Waals surface area contributed by atoms with Crippen LogP contribution < -0.4 is 4.74 Å². The molecule has 0 bridgehead atoms. The summed E-state index contributed by atoms with van der Waals surface area (Å²) in [5.74, 6) is 0. The molecule has 10 heteroatoms. The summed E-state index contributed by atoms with van der Waals surface area (Å²) in [6, 6.07) is -0.981. The third kappa shape index (κ3) is 4.16. The second kappa shape index (κ2) is 4.82. The fourth-order valence-electron chi connectivity index (χ4n) is 0.786. The molecule has 1 rings (SSSR count). The number of halogens is 7. The van der Waals surface area contributed by atoms with Crippen molar-refractivity contribution >= 4 is 22.6 Å². The number of hydrogen-bond donors (Lipinski definition) is 0. The van der Waals surface area contributed by atoms with Crippen molar-refractivity contribution in [1.29, 1.82) is 0 Å². The molecule has 1 aromatic heterocycles. The van der Waals surface area contributed by atoms with E-state index in [4.69, 9.17) is 0 Å². The molecule has 0 spiro atoms. The maximum atomic E-state index is 12.1.